The fourth-order valence-electron chi connectivity index (χ4n) is 5.42. The molecule has 5 nitrogen and oxygen atoms in total. The maximum Gasteiger partial charge on any atom is 0.163 e. The molecule has 38 heavy (non-hydrogen) atoms. The molecule has 5 heteroatoms. The van der Waals surface area contributed by atoms with Gasteiger partial charge in [-0.05, 0) is 53.3 Å². The van der Waals surface area contributed by atoms with Gasteiger partial charge in [0.05, 0.1) is 24.5 Å². The highest BCUT2D eigenvalue weighted by atomic mass is 16.5. The average Bonchev–Trinajstić information content (AvgIpc) is 3.14. The zero-order chi connectivity index (χ0) is 25.9. The highest BCUT2D eigenvalue weighted by Gasteiger charge is 2.36. The number of benzene rings is 4. The van der Waals surface area contributed by atoms with Gasteiger partial charge in [-0.2, -0.15) is 0 Å². The van der Waals surface area contributed by atoms with Crippen LogP contribution in [0.1, 0.15) is 41.5 Å². The van der Waals surface area contributed by atoms with Crippen molar-refractivity contribution in [2.45, 2.75) is 31.4 Å². The first-order valence-corrected chi connectivity index (χ1v) is 13.0. The molecule has 0 saturated heterocycles. The van der Waals surface area contributed by atoms with Crippen LogP contribution < -0.4 is 20.1 Å². The van der Waals surface area contributed by atoms with Crippen LogP contribution in [-0.2, 0) is 11.4 Å². The summed E-state index contributed by atoms with van der Waals surface area (Å²) in [6.45, 7) is 0.449. The van der Waals surface area contributed by atoms with Crippen LogP contribution in [0.2, 0.25) is 0 Å². The molecule has 1 aliphatic heterocycles. The second-order valence-corrected chi connectivity index (χ2v) is 9.76. The molecule has 2 aliphatic rings. The van der Waals surface area contributed by atoms with Gasteiger partial charge in [0.2, 0.25) is 0 Å². The molecule has 0 aromatic heterocycles. The minimum Gasteiger partial charge on any atom is -0.493 e. The Morgan fingerprint density at radius 1 is 0.763 bits per heavy atom. The number of anilines is 2. The number of hydrogen-bond donors (Lipinski definition) is 2. The van der Waals surface area contributed by atoms with Crippen LogP contribution in [0.15, 0.2) is 114 Å². The van der Waals surface area contributed by atoms with Gasteiger partial charge >= 0.3 is 0 Å². The van der Waals surface area contributed by atoms with Crippen LogP contribution in [0, 0.1) is 0 Å². The molecule has 0 spiro atoms. The number of Topliss-reactive ketones (excluding diaryl/α,β-unsaturated/α-hetero) is 1. The molecule has 2 atom stereocenters. The number of allylic oxidation sites excluding steroid dienone is 1. The topological polar surface area (TPSA) is 59.6 Å². The quantitative estimate of drug-likeness (QED) is 0.291. The number of carbonyl (C=O) groups excluding carboxylic acids is 1. The summed E-state index contributed by atoms with van der Waals surface area (Å²) in [7, 11) is 1.65. The zero-order valence-electron chi connectivity index (χ0n) is 21.3. The van der Waals surface area contributed by atoms with Gasteiger partial charge in [0.15, 0.2) is 17.3 Å². The van der Waals surface area contributed by atoms with Gasteiger partial charge in [0.1, 0.15) is 6.61 Å². The lowest BCUT2D eigenvalue weighted by Crippen LogP contribution is -2.26. The number of para-hydroxylation sites is 2. The molecule has 1 aliphatic carbocycles. The maximum atomic E-state index is 13.8. The molecule has 4 aromatic rings. The largest absolute Gasteiger partial charge is 0.493 e. The number of rotatable bonds is 6. The van der Waals surface area contributed by atoms with Crippen molar-refractivity contribution in [2.24, 2.45) is 0 Å². The Bertz CT molecular complexity index is 1480. The standard InChI is InChI=1S/C33H30N2O3/c1-37-31-20-24(16-17-30(31)38-21-22-10-4-2-5-11-22)33-32-28(34-26-14-8-9-15-27(26)35-33)18-25(19-29(32)36)23-12-6-3-7-13-23/h2-17,20,25,33-35H,18-19,21H2,1H3/t25-,33+/m1/s1. The van der Waals surface area contributed by atoms with Gasteiger partial charge in [-0.15, -0.1) is 0 Å². The first-order chi connectivity index (χ1) is 18.7. The summed E-state index contributed by atoms with van der Waals surface area (Å²) in [6.07, 6.45) is 1.25. The van der Waals surface area contributed by atoms with E-state index in [0.29, 0.717) is 24.5 Å². The highest BCUT2D eigenvalue weighted by Crippen LogP contribution is 2.45. The summed E-state index contributed by atoms with van der Waals surface area (Å²) in [5, 5.41) is 7.26. The van der Waals surface area contributed by atoms with E-state index in [1.54, 1.807) is 7.11 Å². The van der Waals surface area contributed by atoms with E-state index in [4.69, 9.17) is 9.47 Å². The van der Waals surface area contributed by atoms with Crippen LogP contribution >= 0.6 is 0 Å². The minimum atomic E-state index is -0.317. The van der Waals surface area contributed by atoms with Crippen molar-refractivity contribution >= 4 is 17.2 Å². The van der Waals surface area contributed by atoms with Crippen molar-refractivity contribution in [1.29, 1.82) is 0 Å². The van der Waals surface area contributed by atoms with Gasteiger partial charge in [-0.3, -0.25) is 4.79 Å². The Morgan fingerprint density at radius 3 is 2.24 bits per heavy atom. The Hall–Kier alpha value is -4.51. The molecule has 0 amide bonds. The molecule has 0 saturated carbocycles. The van der Waals surface area contributed by atoms with E-state index in [-0.39, 0.29) is 17.7 Å². The number of methoxy groups -OCH3 is 1. The normalized spacial score (nSPS) is 18.4. The number of ether oxygens (including phenoxy) is 2. The number of nitrogens with one attached hydrogen (secondary N) is 2. The number of carbonyl (C=O) groups is 1. The van der Waals surface area contributed by atoms with Crippen molar-refractivity contribution < 1.29 is 14.3 Å². The predicted octanol–water partition coefficient (Wildman–Crippen LogP) is 7.25. The zero-order valence-corrected chi connectivity index (χ0v) is 21.3. The van der Waals surface area contributed by atoms with Gasteiger partial charge in [-0.25, -0.2) is 0 Å². The molecule has 6 rings (SSSR count). The summed E-state index contributed by atoms with van der Waals surface area (Å²) in [6, 6.07) is 34.1. The molecule has 1 heterocycles. The maximum absolute atomic E-state index is 13.8. The van der Waals surface area contributed by atoms with Crippen LogP contribution in [0.4, 0.5) is 11.4 Å². The smallest absolute Gasteiger partial charge is 0.163 e. The van der Waals surface area contributed by atoms with Gasteiger partial charge in [0.25, 0.3) is 0 Å². The fraction of sp³-hybridized carbons (Fsp3) is 0.182. The summed E-state index contributed by atoms with van der Waals surface area (Å²) in [5.41, 5.74) is 6.92. The molecule has 4 aromatic carbocycles. The van der Waals surface area contributed by atoms with E-state index in [1.807, 2.05) is 91.0 Å². The van der Waals surface area contributed by atoms with E-state index < -0.39 is 0 Å². The van der Waals surface area contributed by atoms with Crippen LogP contribution in [-0.4, -0.2) is 12.9 Å². The number of fused-ring (bicyclic) bond motifs is 1. The van der Waals surface area contributed by atoms with Crippen LogP contribution in [0.25, 0.3) is 0 Å². The Balaban J connectivity index is 1.36. The third-order valence-electron chi connectivity index (χ3n) is 7.34. The van der Waals surface area contributed by atoms with Crippen molar-refractivity contribution in [2.75, 3.05) is 17.7 Å². The summed E-state index contributed by atoms with van der Waals surface area (Å²) in [4.78, 5) is 13.8. The third-order valence-corrected chi connectivity index (χ3v) is 7.34. The molecular weight excluding hydrogens is 472 g/mol. The van der Waals surface area contributed by atoms with Gasteiger partial charge < -0.3 is 20.1 Å². The second kappa shape index (κ2) is 10.5. The average molecular weight is 503 g/mol. The lowest BCUT2D eigenvalue weighted by molar-refractivity contribution is -0.116. The van der Waals surface area contributed by atoms with Crippen molar-refractivity contribution in [3.63, 3.8) is 0 Å². The van der Waals surface area contributed by atoms with E-state index in [1.165, 1.54) is 5.56 Å². The molecule has 190 valence electrons. The fourth-order valence-corrected chi connectivity index (χ4v) is 5.42. The lowest BCUT2D eigenvalue weighted by Gasteiger charge is -2.30. The monoisotopic (exact) mass is 502 g/mol. The van der Waals surface area contributed by atoms with E-state index in [0.717, 1.165) is 40.2 Å². The van der Waals surface area contributed by atoms with Crippen molar-refractivity contribution in [3.05, 3.63) is 131 Å². The molecule has 2 N–H and O–H groups in total. The van der Waals surface area contributed by atoms with Crippen molar-refractivity contribution in [1.82, 2.24) is 0 Å². The Morgan fingerprint density at radius 2 is 1.47 bits per heavy atom. The molecule has 0 bridgehead atoms. The number of hydrogen-bond acceptors (Lipinski definition) is 5. The van der Waals surface area contributed by atoms with E-state index in [2.05, 4.69) is 22.8 Å². The van der Waals surface area contributed by atoms with Crippen molar-refractivity contribution in [3.8, 4) is 11.5 Å². The highest BCUT2D eigenvalue weighted by molar-refractivity contribution is 6.01. The summed E-state index contributed by atoms with van der Waals surface area (Å²) in [5.74, 6) is 1.60. The second-order valence-electron chi connectivity index (χ2n) is 9.76. The third kappa shape index (κ3) is 4.75. The molecule has 0 fully saturated rings. The van der Waals surface area contributed by atoms with Crippen LogP contribution in [0.5, 0.6) is 11.5 Å². The van der Waals surface area contributed by atoms with Gasteiger partial charge in [-0.1, -0.05) is 78.9 Å². The van der Waals surface area contributed by atoms with Crippen LogP contribution in [0.3, 0.4) is 0 Å². The van der Waals surface area contributed by atoms with E-state index in [9.17, 15) is 4.79 Å². The molecular formula is C33H30N2O3. The summed E-state index contributed by atoms with van der Waals surface area (Å²) < 4.78 is 11.8. The molecule has 0 unspecified atom stereocenters. The minimum absolute atomic E-state index is 0.143. The Labute approximate surface area is 223 Å². The van der Waals surface area contributed by atoms with E-state index >= 15 is 0 Å². The Kier molecular flexibility index (Phi) is 6.57. The number of ketones is 1. The molecule has 0 radical (unpaired) electrons. The summed E-state index contributed by atoms with van der Waals surface area (Å²) >= 11 is 0. The van der Waals surface area contributed by atoms with Gasteiger partial charge in [0, 0.05) is 17.7 Å². The first-order valence-electron chi connectivity index (χ1n) is 13.0. The lowest BCUT2D eigenvalue weighted by atomic mass is 9.78. The first kappa shape index (κ1) is 23.9. The SMILES string of the molecule is COc1cc([C@@H]2Nc3ccccc3NC3=C2C(=O)C[C@H](c2ccccc2)C3)ccc1OCc1ccccc1. The predicted molar refractivity (Wildman–Crippen MR) is 151 cm³/mol.